The van der Waals surface area contributed by atoms with Gasteiger partial charge >= 0.3 is 0 Å². The van der Waals surface area contributed by atoms with Gasteiger partial charge in [-0.25, -0.2) is 0 Å². The minimum atomic E-state index is 0.0951. The number of benzene rings is 1. The molecule has 0 aliphatic rings. The molecule has 0 aliphatic carbocycles. The third-order valence-electron chi connectivity index (χ3n) is 2.80. The summed E-state index contributed by atoms with van der Waals surface area (Å²) in [6.07, 6.45) is 1.81. The maximum absolute atomic E-state index is 11.7. The SMILES string of the molecule is C=CC(C)C(C(C)=O)=C(C)c1ccccc1. The van der Waals surface area contributed by atoms with E-state index in [9.17, 15) is 4.79 Å². The van der Waals surface area contributed by atoms with Crippen LogP contribution in [-0.4, -0.2) is 5.78 Å². The first-order valence-corrected chi connectivity index (χ1v) is 5.47. The van der Waals surface area contributed by atoms with Crippen molar-refractivity contribution in [3.05, 3.63) is 54.1 Å². The Hall–Kier alpha value is -1.63. The van der Waals surface area contributed by atoms with Crippen LogP contribution in [0.2, 0.25) is 0 Å². The lowest BCUT2D eigenvalue weighted by molar-refractivity contribution is -0.113. The van der Waals surface area contributed by atoms with Crippen molar-refractivity contribution in [1.82, 2.24) is 0 Å². The monoisotopic (exact) mass is 214 g/mol. The van der Waals surface area contributed by atoms with Gasteiger partial charge in [0.1, 0.15) is 0 Å². The zero-order valence-electron chi connectivity index (χ0n) is 10.2. The second-order valence-electron chi connectivity index (χ2n) is 3.99. The Morgan fingerprint density at radius 2 is 1.81 bits per heavy atom. The van der Waals surface area contributed by atoms with Crippen LogP contribution in [0.15, 0.2) is 48.6 Å². The molecule has 0 spiro atoms. The molecule has 0 N–H and O–H groups in total. The van der Waals surface area contributed by atoms with E-state index in [1.54, 1.807) is 6.92 Å². The van der Waals surface area contributed by atoms with Gasteiger partial charge in [0.15, 0.2) is 5.78 Å². The fourth-order valence-corrected chi connectivity index (χ4v) is 1.89. The van der Waals surface area contributed by atoms with Gasteiger partial charge in [-0.2, -0.15) is 0 Å². The highest BCUT2D eigenvalue weighted by molar-refractivity contribution is 6.01. The van der Waals surface area contributed by atoms with Gasteiger partial charge in [-0.15, -0.1) is 6.58 Å². The standard InChI is InChI=1S/C15H18O/c1-5-11(2)15(13(4)16)12(3)14-9-7-6-8-10-14/h5-11H,1H2,2-4H3. The Bertz CT molecular complexity index is 412. The van der Waals surface area contributed by atoms with Gasteiger partial charge in [-0.3, -0.25) is 4.79 Å². The molecule has 0 radical (unpaired) electrons. The maximum atomic E-state index is 11.7. The molecular formula is C15H18O. The van der Waals surface area contributed by atoms with Crippen LogP contribution >= 0.6 is 0 Å². The highest BCUT2D eigenvalue weighted by atomic mass is 16.1. The summed E-state index contributed by atoms with van der Waals surface area (Å²) in [6, 6.07) is 9.98. The lowest BCUT2D eigenvalue weighted by Gasteiger charge is -2.13. The molecule has 1 atom stereocenters. The summed E-state index contributed by atoms with van der Waals surface area (Å²) in [5.41, 5.74) is 2.99. The largest absolute Gasteiger partial charge is 0.295 e. The summed E-state index contributed by atoms with van der Waals surface area (Å²) >= 11 is 0. The molecule has 0 fully saturated rings. The van der Waals surface area contributed by atoms with E-state index in [2.05, 4.69) is 6.58 Å². The van der Waals surface area contributed by atoms with E-state index in [0.29, 0.717) is 0 Å². The minimum Gasteiger partial charge on any atom is -0.295 e. The second kappa shape index (κ2) is 5.45. The number of rotatable bonds is 4. The highest BCUT2D eigenvalue weighted by Crippen LogP contribution is 2.24. The van der Waals surface area contributed by atoms with Crippen LogP contribution in [0, 0.1) is 5.92 Å². The normalized spacial score (nSPS) is 13.9. The van der Waals surface area contributed by atoms with Gasteiger partial charge in [-0.05, 0) is 25.0 Å². The molecule has 1 aromatic rings. The third kappa shape index (κ3) is 2.69. The van der Waals surface area contributed by atoms with Crippen LogP contribution in [-0.2, 0) is 4.79 Å². The van der Waals surface area contributed by atoms with Crippen molar-refractivity contribution in [1.29, 1.82) is 0 Å². The van der Waals surface area contributed by atoms with Crippen LogP contribution in [0.3, 0.4) is 0 Å². The van der Waals surface area contributed by atoms with Crippen molar-refractivity contribution in [2.75, 3.05) is 0 Å². The van der Waals surface area contributed by atoms with E-state index in [4.69, 9.17) is 0 Å². The van der Waals surface area contributed by atoms with Gasteiger partial charge in [-0.1, -0.05) is 43.3 Å². The lowest BCUT2D eigenvalue weighted by atomic mass is 9.90. The number of hydrogen-bond acceptors (Lipinski definition) is 1. The van der Waals surface area contributed by atoms with Crippen LogP contribution in [0.25, 0.3) is 5.57 Å². The van der Waals surface area contributed by atoms with E-state index >= 15 is 0 Å². The fraction of sp³-hybridized carbons (Fsp3) is 0.267. The number of carbonyl (C=O) groups is 1. The average molecular weight is 214 g/mol. The van der Waals surface area contributed by atoms with Crippen LogP contribution in [0.1, 0.15) is 26.3 Å². The zero-order chi connectivity index (χ0) is 12.1. The van der Waals surface area contributed by atoms with Gasteiger partial charge in [0.2, 0.25) is 0 Å². The molecule has 0 aromatic heterocycles. The number of Topliss-reactive ketones (excluding diaryl/α,β-unsaturated/α-hetero) is 1. The zero-order valence-corrected chi connectivity index (χ0v) is 10.2. The Morgan fingerprint density at radius 3 is 2.25 bits per heavy atom. The molecular weight excluding hydrogens is 196 g/mol. The summed E-state index contributed by atoms with van der Waals surface area (Å²) in [5, 5.41) is 0. The molecule has 1 rings (SSSR count). The summed E-state index contributed by atoms with van der Waals surface area (Å²) in [5.74, 6) is 0.214. The summed E-state index contributed by atoms with van der Waals surface area (Å²) in [4.78, 5) is 11.7. The maximum Gasteiger partial charge on any atom is 0.156 e. The van der Waals surface area contributed by atoms with E-state index in [-0.39, 0.29) is 11.7 Å². The third-order valence-corrected chi connectivity index (χ3v) is 2.80. The van der Waals surface area contributed by atoms with E-state index < -0.39 is 0 Å². The van der Waals surface area contributed by atoms with Crippen molar-refractivity contribution in [3.63, 3.8) is 0 Å². The highest BCUT2D eigenvalue weighted by Gasteiger charge is 2.14. The summed E-state index contributed by atoms with van der Waals surface area (Å²) in [6.45, 7) is 9.35. The molecule has 1 unspecified atom stereocenters. The fourth-order valence-electron chi connectivity index (χ4n) is 1.89. The number of hydrogen-bond donors (Lipinski definition) is 0. The topological polar surface area (TPSA) is 17.1 Å². The smallest absolute Gasteiger partial charge is 0.156 e. The molecule has 0 bridgehead atoms. The van der Waals surface area contributed by atoms with E-state index in [1.165, 1.54) is 0 Å². The quantitative estimate of drug-likeness (QED) is 0.549. The first-order valence-electron chi connectivity index (χ1n) is 5.47. The Morgan fingerprint density at radius 1 is 1.25 bits per heavy atom. The number of carbonyl (C=O) groups excluding carboxylic acids is 1. The molecule has 1 aromatic carbocycles. The lowest BCUT2D eigenvalue weighted by Crippen LogP contribution is -2.07. The second-order valence-corrected chi connectivity index (χ2v) is 3.99. The molecule has 1 nitrogen and oxygen atoms in total. The van der Waals surface area contributed by atoms with Gasteiger partial charge < -0.3 is 0 Å². The summed E-state index contributed by atoms with van der Waals surface area (Å²) in [7, 11) is 0. The van der Waals surface area contributed by atoms with E-state index in [0.717, 1.165) is 16.7 Å². The van der Waals surface area contributed by atoms with E-state index in [1.807, 2.05) is 50.3 Å². The first-order chi connectivity index (χ1) is 7.57. The van der Waals surface area contributed by atoms with Gasteiger partial charge in [0.25, 0.3) is 0 Å². The van der Waals surface area contributed by atoms with Crippen LogP contribution < -0.4 is 0 Å². The molecule has 1 heteroatoms. The number of allylic oxidation sites excluding steroid dienone is 3. The molecule has 0 amide bonds. The van der Waals surface area contributed by atoms with Crippen molar-refractivity contribution in [3.8, 4) is 0 Å². The van der Waals surface area contributed by atoms with Crippen LogP contribution in [0.5, 0.6) is 0 Å². The predicted octanol–water partition coefficient (Wildman–Crippen LogP) is 3.87. The Balaban J connectivity index is 3.27. The Kier molecular flexibility index (Phi) is 4.24. The average Bonchev–Trinajstić information content (AvgIpc) is 2.29. The van der Waals surface area contributed by atoms with Crippen molar-refractivity contribution in [2.24, 2.45) is 5.92 Å². The van der Waals surface area contributed by atoms with Gasteiger partial charge in [0.05, 0.1) is 0 Å². The molecule has 0 saturated heterocycles. The minimum absolute atomic E-state index is 0.0951. The van der Waals surface area contributed by atoms with Crippen molar-refractivity contribution in [2.45, 2.75) is 20.8 Å². The molecule has 0 aliphatic heterocycles. The molecule has 0 heterocycles. The number of ketones is 1. The van der Waals surface area contributed by atoms with Crippen molar-refractivity contribution < 1.29 is 4.79 Å². The van der Waals surface area contributed by atoms with Crippen molar-refractivity contribution >= 4 is 11.4 Å². The Labute approximate surface area is 97.5 Å². The molecule has 84 valence electrons. The molecule has 0 saturated carbocycles. The first kappa shape index (κ1) is 12.4. The van der Waals surface area contributed by atoms with Gasteiger partial charge in [0, 0.05) is 11.5 Å². The summed E-state index contributed by atoms with van der Waals surface area (Å²) < 4.78 is 0. The predicted molar refractivity (Wildman–Crippen MR) is 69.1 cm³/mol. The molecule has 16 heavy (non-hydrogen) atoms. The van der Waals surface area contributed by atoms with Crippen LogP contribution in [0.4, 0.5) is 0 Å².